The minimum atomic E-state index is -1.21. The van der Waals surface area contributed by atoms with Crippen LogP contribution in [0.1, 0.15) is 15.9 Å². The fraction of sp³-hybridized carbons (Fsp3) is 0.118. The summed E-state index contributed by atoms with van der Waals surface area (Å²) in [6.45, 7) is 0.501. The van der Waals surface area contributed by atoms with Crippen LogP contribution in [0.3, 0.4) is 0 Å². The van der Waals surface area contributed by atoms with Crippen LogP contribution in [0.15, 0.2) is 47.1 Å². The van der Waals surface area contributed by atoms with Gasteiger partial charge in [0.25, 0.3) is 5.69 Å². The van der Waals surface area contributed by atoms with Crippen molar-refractivity contribution in [3.05, 3.63) is 68.3 Å². The maximum atomic E-state index is 11.3. The fourth-order valence-corrected chi connectivity index (χ4v) is 3.04. The maximum absolute atomic E-state index is 11.3. The quantitative estimate of drug-likeness (QED) is 0.422. The van der Waals surface area contributed by atoms with Gasteiger partial charge in [-0.2, -0.15) is 0 Å². The first-order valence-corrected chi connectivity index (χ1v) is 8.26. The van der Waals surface area contributed by atoms with E-state index in [-0.39, 0.29) is 11.3 Å². The fourth-order valence-electron chi connectivity index (χ4n) is 2.67. The number of non-ortho nitro benzene ring substituents is 1. The number of carboxylic acid groups (broad SMARTS) is 1. The number of hydrogen-bond donors (Lipinski definition) is 3. The first-order valence-electron chi connectivity index (χ1n) is 7.47. The molecule has 0 spiro atoms. The number of carboxylic acids is 1. The lowest BCUT2D eigenvalue weighted by Gasteiger charge is -2.09. The van der Waals surface area contributed by atoms with Crippen LogP contribution in [0, 0.1) is 10.1 Å². The third-order valence-corrected chi connectivity index (χ3v) is 4.38. The molecule has 8 heteroatoms. The van der Waals surface area contributed by atoms with Gasteiger partial charge in [-0.25, -0.2) is 4.79 Å². The van der Waals surface area contributed by atoms with Gasteiger partial charge in [-0.3, -0.25) is 10.1 Å². The average molecular weight is 404 g/mol. The molecule has 3 N–H and O–H groups in total. The molecule has 128 valence electrons. The summed E-state index contributed by atoms with van der Waals surface area (Å²) in [4.78, 5) is 24.7. The standard InChI is InChI=1S/C17H14BrN3O4/c18-11-1-3-13-10(9-20-16(13)7-11)5-6-19-15-4-2-12(21(24)25)8-14(15)17(22)23/h1-4,7-9,19-20H,5-6H2,(H,22,23). The molecule has 1 aromatic heterocycles. The number of aromatic amines is 1. The Bertz CT molecular complexity index is 968. The second-order valence-corrected chi connectivity index (χ2v) is 6.39. The molecule has 2 aromatic carbocycles. The third kappa shape index (κ3) is 3.63. The first kappa shape index (κ1) is 17.0. The second kappa shape index (κ2) is 6.94. The number of hydrogen-bond acceptors (Lipinski definition) is 4. The molecule has 7 nitrogen and oxygen atoms in total. The Kier molecular flexibility index (Phi) is 4.71. The zero-order chi connectivity index (χ0) is 18.0. The number of halogens is 1. The van der Waals surface area contributed by atoms with E-state index in [1.54, 1.807) is 0 Å². The molecular formula is C17H14BrN3O4. The molecule has 25 heavy (non-hydrogen) atoms. The van der Waals surface area contributed by atoms with Crippen LogP contribution in [-0.4, -0.2) is 27.5 Å². The zero-order valence-electron chi connectivity index (χ0n) is 13.0. The predicted octanol–water partition coefficient (Wildman–Crippen LogP) is 4.19. The van der Waals surface area contributed by atoms with Gasteiger partial charge in [0, 0.05) is 45.9 Å². The van der Waals surface area contributed by atoms with Gasteiger partial charge >= 0.3 is 5.97 Å². The zero-order valence-corrected chi connectivity index (χ0v) is 14.5. The van der Waals surface area contributed by atoms with Gasteiger partial charge in [0.05, 0.1) is 10.5 Å². The molecule has 0 radical (unpaired) electrons. The third-order valence-electron chi connectivity index (χ3n) is 3.88. The highest BCUT2D eigenvalue weighted by atomic mass is 79.9. The molecule has 0 unspecified atom stereocenters. The summed E-state index contributed by atoms with van der Waals surface area (Å²) in [5, 5.41) is 24.2. The Morgan fingerprint density at radius 1 is 1.28 bits per heavy atom. The molecule has 1 heterocycles. The van der Waals surface area contributed by atoms with Gasteiger partial charge in [-0.05, 0) is 30.2 Å². The highest BCUT2D eigenvalue weighted by Gasteiger charge is 2.16. The topological polar surface area (TPSA) is 108 Å². The lowest BCUT2D eigenvalue weighted by Crippen LogP contribution is -2.10. The van der Waals surface area contributed by atoms with Gasteiger partial charge in [0.2, 0.25) is 0 Å². The van der Waals surface area contributed by atoms with Gasteiger partial charge in [-0.1, -0.05) is 22.0 Å². The Morgan fingerprint density at radius 2 is 2.08 bits per heavy atom. The van der Waals surface area contributed by atoms with Crippen molar-refractivity contribution in [2.24, 2.45) is 0 Å². The lowest BCUT2D eigenvalue weighted by molar-refractivity contribution is -0.384. The van der Waals surface area contributed by atoms with Crippen molar-refractivity contribution in [1.82, 2.24) is 4.98 Å². The van der Waals surface area contributed by atoms with Crippen LogP contribution in [-0.2, 0) is 6.42 Å². The Hall–Kier alpha value is -2.87. The van der Waals surface area contributed by atoms with Crippen molar-refractivity contribution in [1.29, 1.82) is 0 Å². The number of rotatable bonds is 6. The highest BCUT2D eigenvalue weighted by Crippen LogP contribution is 2.24. The van der Waals surface area contributed by atoms with E-state index in [1.807, 2.05) is 24.4 Å². The normalized spacial score (nSPS) is 10.8. The predicted molar refractivity (Wildman–Crippen MR) is 98.2 cm³/mol. The average Bonchev–Trinajstić information content (AvgIpc) is 2.96. The summed E-state index contributed by atoms with van der Waals surface area (Å²) >= 11 is 3.43. The number of aromatic nitrogens is 1. The van der Waals surface area contributed by atoms with Crippen LogP contribution in [0.4, 0.5) is 11.4 Å². The largest absolute Gasteiger partial charge is 0.478 e. The molecule has 3 aromatic rings. The molecule has 0 aliphatic heterocycles. The van der Waals surface area contributed by atoms with Crippen molar-refractivity contribution in [2.75, 3.05) is 11.9 Å². The van der Waals surface area contributed by atoms with Crippen LogP contribution in [0.25, 0.3) is 10.9 Å². The number of nitro groups is 1. The van der Waals surface area contributed by atoms with Crippen LogP contribution in [0.5, 0.6) is 0 Å². The number of carbonyl (C=O) groups is 1. The van der Waals surface area contributed by atoms with E-state index in [1.165, 1.54) is 12.1 Å². The number of H-pyrrole nitrogens is 1. The molecule has 0 aliphatic carbocycles. The van der Waals surface area contributed by atoms with E-state index >= 15 is 0 Å². The second-order valence-electron chi connectivity index (χ2n) is 5.47. The molecule has 0 bridgehead atoms. The number of anilines is 1. The summed E-state index contributed by atoms with van der Waals surface area (Å²) in [5.41, 5.74) is 2.13. The van der Waals surface area contributed by atoms with Crippen molar-refractivity contribution >= 4 is 44.2 Å². The van der Waals surface area contributed by atoms with E-state index in [2.05, 4.69) is 26.2 Å². The van der Waals surface area contributed by atoms with Gasteiger partial charge < -0.3 is 15.4 Å². The molecular weight excluding hydrogens is 390 g/mol. The molecule has 0 saturated heterocycles. The molecule has 0 saturated carbocycles. The summed E-state index contributed by atoms with van der Waals surface area (Å²) < 4.78 is 0.989. The van der Waals surface area contributed by atoms with Crippen molar-refractivity contribution in [2.45, 2.75) is 6.42 Å². The minimum absolute atomic E-state index is 0.114. The van der Waals surface area contributed by atoms with Gasteiger partial charge in [-0.15, -0.1) is 0 Å². The number of benzene rings is 2. The Morgan fingerprint density at radius 3 is 2.80 bits per heavy atom. The Balaban J connectivity index is 1.75. The molecule has 0 amide bonds. The number of nitrogens with one attached hydrogen (secondary N) is 2. The van der Waals surface area contributed by atoms with Crippen molar-refractivity contribution in [3.8, 4) is 0 Å². The number of nitro benzene ring substituents is 1. The number of nitrogens with zero attached hydrogens (tertiary/aromatic N) is 1. The summed E-state index contributed by atoms with van der Waals surface area (Å²) in [6.07, 6.45) is 2.60. The van der Waals surface area contributed by atoms with Crippen LogP contribution < -0.4 is 5.32 Å². The number of fused-ring (bicyclic) bond motifs is 1. The van der Waals surface area contributed by atoms with E-state index in [9.17, 15) is 20.0 Å². The lowest BCUT2D eigenvalue weighted by atomic mass is 10.1. The summed E-state index contributed by atoms with van der Waals surface area (Å²) in [5.74, 6) is -1.21. The minimum Gasteiger partial charge on any atom is -0.478 e. The summed E-state index contributed by atoms with van der Waals surface area (Å²) in [6, 6.07) is 9.75. The Labute approximate surface area is 151 Å². The molecule has 0 aliphatic rings. The highest BCUT2D eigenvalue weighted by molar-refractivity contribution is 9.10. The van der Waals surface area contributed by atoms with E-state index < -0.39 is 10.9 Å². The molecule has 0 atom stereocenters. The maximum Gasteiger partial charge on any atom is 0.338 e. The number of aromatic carboxylic acids is 1. The monoisotopic (exact) mass is 403 g/mol. The first-order chi connectivity index (χ1) is 12.0. The van der Waals surface area contributed by atoms with Crippen LogP contribution in [0.2, 0.25) is 0 Å². The van der Waals surface area contributed by atoms with Crippen LogP contribution >= 0.6 is 15.9 Å². The SMILES string of the molecule is O=C(O)c1cc([N+](=O)[O-])ccc1NCCc1c[nH]c2cc(Br)ccc12. The molecule has 0 fully saturated rings. The van der Waals surface area contributed by atoms with E-state index in [4.69, 9.17) is 0 Å². The van der Waals surface area contributed by atoms with E-state index in [0.717, 1.165) is 27.0 Å². The molecule has 3 rings (SSSR count). The van der Waals surface area contributed by atoms with Crippen molar-refractivity contribution in [3.63, 3.8) is 0 Å². The summed E-state index contributed by atoms with van der Waals surface area (Å²) in [7, 11) is 0. The van der Waals surface area contributed by atoms with Gasteiger partial charge in [0.15, 0.2) is 0 Å². The van der Waals surface area contributed by atoms with Gasteiger partial charge in [0.1, 0.15) is 0 Å². The van der Waals surface area contributed by atoms with E-state index in [0.29, 0.717) is 18.7 Å². The smallest absolute Gasteiger partial charge is 0.338 e. The van der Waals surface area contributed by atoms with Crippen molar-refractivity contribution < 1.29 is 14.8 Å².